The van der Waals surface area contributed by atoms with E-state index in [-0.39, 0.29) is 17.8 Å². The van der Waals surface area contributed by atoms with Gasteiger partial charge in [-0.15, -0.1) is 21.6 Å². The van der Waals surface area contributed by atoms with Gasteiger partial charge in [0.1, 0.15) is 12.4 Å². The van der Waals surface area contributed by atoms with Gasteiger partial charge in [-0.2, -0.15) is 0 Å². The molecule has 6 atom stereocenters. The standard InChI is InChI=1S/C18H26N3O3P/c1-3-5-6-7-8-9-10-12-11-21(18(23)20-16(12)19)17-15(25)14(22)13(4-2)24-17/h1,11,13-17,22H,4-8,19,25H2,2H3,(H,20,23)/t13-,14+,15?,16?,17-/m1/s1. The van der Waals surface area contributed by atoms with Crippen molar-refractivity contribution in [2.24, 2.45) is 5.73 Å². The van der Waals surface area contributed by atoms with E-state index in [0.717, 1.165) is 25.7 Å². The minimum absolute atomic E-state index is 0.278. The highest BCUT2D eigenvalue weighted by Gasteiger charge is 2.45. The van der Waals surface area contributed by atoms with Crippen molar-refractivity contribution in [2.45, 2.75) is 69.3 Å². The number of unbranched alkanes of at least 4 members (excludes halogenated alkanes) is 3. The first-order valence-corrected chi connectivity index (χ1v) is 9.23. The maximum absolute atomic E-state index is 12.3. The van der Waals surface area contributed by atoms with Gasteiger partial charge in [0.15, 0.2) is 0 Å². The lowest BCUT2D eigenvalue weighted by Crippen LogP contribution is -2.56. The van der Waals surface area contributed by atoms with Crippen LogP contribution in [-0.4, -0.2) is 46.3 Å². The Labute approximate surface area is 151 Å². The molecule has 7 heteroatoms. The van der Waals surface area contributed by atoms with Crippen LogP contribution in [0.4, 0.5) is 4.79 Å². The quantitative estimate of drug-likeness (QED) is 0.388. The van der Waals surface area contributed by atoms with Crippen molar-refractivity contribution in [3.05, 3.63) is 11.8 Å². The zero-order valence-corrected chi connectivity index (χ0v) is 15.6. The molecule has 0 bridgehead atoms. The zero-order valence-electron chi connectivity index (χ0n) is 14.4. The number of aliphatic hydroxyl groups excluding tert-OH is 1. The summed E-state index contributed by atoms with van der Waals surface area (Å²) in [6, 6.07) is -0.353. The van der Waals surface area contributed by atoms with Crippen LogP contribution in [0.2, 0.25) is 0 Å². The number of carbonyl (C=O) groups is 1. The molecule has 3 unspecified atom stereocenters. The lowest BCUT2D eigenvalue weighted by atomic mass is 10.1. The van der Waals surface area contributed by atoms with E-state index in [2.05, 4.69) is 32.3 Å². The second-order valence-electron chi connectivity index (χ2n) is 6.17. The maximum Gasteiger partial charge on any atom is 0.325 e. The fourth-order valence-electron chi connectivity index (χ4n) is 2.83. The monoisotopic (exact) mass is 363 g/mol. The Morgan fingerprint density at radius 2 is 2.20 bits per heavy atom. The number of hydrogen-bond acceptors (Lipinski definition) is 4. The Morgan fingerprint density at radius 1 is 1.48 bits per heavy atom. The number of nitrogens with one attached hydrogen (secondary N) is 1. The number of terminal acetylenes is 1. The Bertz CT molecular complexity index is 619. The van der Waals surface area contributed by atoms with Gasteiger partial charge in [-0.1, -0.05) is 18.8 Å². The van der Waals surface area contributed by atoms with Crippen molar-refractivity contribution in [1.82, 2.24) is 10.2 Å². The summed E-state index contributed by atoms with van der Waals surface area (Å²) in [4.78, 5) is 13.7. The number of rotatable bonds is 5. The highest BCUT2D eigenvalue weighted by molar-refractivity contribution is 7.17. The SMILES string of the molecule is C#CCCCCC#CC1=CN([C@@H]2O[C@H](CC)[C@H](O)C2P)C(=O)NC1N. The minimum atomic E-state index is -0.641. The summed E-state index contributed by atoms with van der Waals surface area (Å²) in [6.07, 6.45) is 8.73. The van der Waals surface area contributed by atoms with Crippen molar-refractivity contribution >= 4 is 15.3 Å². The lowest BCUT2D eigenvalue weighted by Gasteiger charge is -2.33. The van der Waals surface area contributed by atoms with E-state index in [0.29, 0.717) is 12.0 Å². The van der Waals surface area contributed by atoms with Gasteiger partial charge >= 0.3 is 6.03 Å². The van der Waals surface area contributed by atoms with Crippen molar-refractivity contribution in [2.75, 3.05) is 0 Å². The lowest BCUT2D eigenvalue weighted by molar-refractivity contribution is -0.0332. The number of amides is 2. The number of aliphatic hydroxyl groups is 1. The molecule has 0 aromatic carbocycles. The largest absolute Gasteiger partial charge is 0.390 e. The van der Waals surface area contributed by atoms with Crippen LogP contribution in [-0.2, 0) is 4.74 Å². The maximum atomic E-state index is 12.3. The van der Waals surface area contributed by atoms with Crippen molar-refractivity contribution in [3.63, 3.8) is 0 Å². The molecule has 0 radical (unpaired) electrons. The van der Waals surface area contributed by atoms with Crippen LogP contribution in [0.15, 0.2) is 11.8 Å². The van der Waals surface area contributed by atoms with Gasteiger partial charge in [-0.25, -0.2) is 4.79 Å². The third-order valence-electron chi connectivity index (χ3n) is 4.33. The third kappa shape index (κ3) is 4.75. The molecule has 6 nitrogen and oxygen atoms in total. The molecule has 1 saturated heterocycles. The molecule has 2 aliphatic rings. The van der Waals surface area contributed by atoms with Crippen LogP contribution in [0.25, 0.3) is 0 Å². The molecule has 2 heterocycles. The zero-order chi connectivity index (χ0) is 18.4. The molecular weight excluding hydrogens is 337 g/mol. The van der Waals surface area contributed by atoms with Gasteiger partial charge in [0.2, 0.25) is 0 Å². The molecule has 2 aliphatic heterocycles. The van der Waals surface area contributed by atoms with E-state index in [1.165, 1.54) is 4.90 Å². The van der Waals surface area contributed by atoms with E-state index in [9.17, 15) is 9.90 Å². The van der Waals surface area contributed by atoms with Crippen molar-refractivity contribution in [3.8, 4) is 24.2 Å². The van der Waals surface area contributed by atoms with Gasteiger partial charge < -0.3 is 20.9 Å². The molecule has 4 N–H and O–H groups in total. The summed E-state index contributed by atoms with van der Waals surface area (Å²) in [5.74, 6) is 8.70. The Morgan fingerprint density at radius 3 is 2.84 bits per heavy atom. The molecule has 0 spiro atoms. The van der Waals surface area contributed by atoms with E-state index < -0.39 is 18.5 Å². The molecule has 0 aromatic rings. The number of hydrogen-bond donors (Lipinski definition) is 3. The molecule has 0 aliphatic carbocycles. The second-order valence-corrected chi connectivity index (χ2v) is 6.94. The Kier molecular flexibility index (Phi) is 7.29. The first kappa shape index (κ1) is 19.8. The van der Waals surface area contributed by atoms with Gasteiger partial charge in [0.05, 0.1) is 17.8 Å². The van der Waals surface area contributed by atoms with E-state index in [4.69, 9.17) is 16.9 Å². The smallest absolute Gasteiger partial charge is 0.325 e. The molecule has 2 amide bonds. The van der Waals surface area contributed by atoms with Crippen LogP contribution in [0.5, 0.6) is 0 Å². The first-order valence-electron chi connectivity index (χ1n) is 8.57. The third-order valence-corrected chi connectivity index (χ3v) is 5.05. The van der Waals surface area contributed by atoms with Gasteiger partial charge in [0, 0.05) is 24.7 Å². The Hall–Kier alpha value is -1.56. The number of urea groups is 1. The number of nitrogens with two attached hydrogens (primary N) is 1. The fraction of sp³-hybridized carbons (Fsp3) is 0.611. The van der Waals surface area contributed by atoms with Crippen molar-refractivity contribution in [1.29, 1.82) is 0 Å². The summed E-state index contributed by atoms with van der Waals surface area (Å²) in [5, 5.41) is 12.9. The summed E-state index contributed by atoms with van der Waals surface area (Å²) < 4.78 is 5.84. The topological polar surface area (TPSA) is 87.8 Å². The number of nitrogens with zero attached hydrogens (tertiary/aromatic N) is 1. The van der Waals surface area contributed by atoms with Crippen molar-refractivity contribution < 1.29 is 14.6 Å². The minimum Gasteiger partial charge on any atom is -0.390 e. The predicted molar refractivity (Wildman–Crippen MR) is 100.0 cm³/mol. The van der Waals surface area contributed by atoms with Gasteiger partial charge in [-0.3, -0.25) is 4.90 Å². The van der Waals surface area contributed by atoms with Crippen LogP contribution in [0.1, 0.15) is 39.0 Å². The molecular formula is C18H26N3O3P. The van der Waals surface area contributed by atoms with Gasteiger partial charge in [0.25, 0.3) is 0 Å². The van der Waals surface area contributed by atoms with Crippen LogP contribution in [0, 0.1) is 24.2 Å². The van der Waals surface area contributed by atoms with Crippen LogP contribution in [0.3, 0.4) is 0 Å². The molecule has 0 saturated carbocycles. The highest BCUT2D eigenvalue weighted by atomic mass is 31.0. The predicted octanol–water partition coefficient (Wildman–Crippen LogP) is 1.12. The number of ether oxygens (including phenoxy) is 1. The molecule has 25 heavy (non-hydrogen) atoms. The summed E-state index contributed by atoms with van der Waals surface area (Å²) >= 11 is 0. The van der Waals surface area contributed by atoms with Crippen LogP contribution < -0.4 is 11.1 Å². The average Bonchev–Trinajstić information content (AvgIpc) is 2.87. The summed E-state index contributed by atoms with van der Waals surface area (Å²) in [6.45, 7) is 1.94. The van der Waals surface area contributed by atoms with E-state index >= 15 is 0 Å². The van der Waals surface area contributed by atoms with Crippen LogP contribution >= 0.6 is 9.24 Å². The molecule has 136 valence electrons. The Balaban J connectivity index is 2.08. The first-order chi connectivity index (χ1) is 12.0. The average molecular weight is 363 g/mol. The number of carbonyl (C=O) groups excluding carboxylic acids is 1. The summed E-state index contributed by atoms with van der Waals surface area (Å²) in [5.41, 5.74) is 6.30. The second kappa shape index (κ2) is 9.22. The summed E-state index contributed by atoms with van der Waals surface area (Å²) in [7, 11) is 2.56. The van der Waals surface area contributed by atoms with E-state index in [1.54, 1.807) is 6.20 Å². The molecule has 1 fully saturated rings. The fourth-order valence-corrected chi connectivity index (χ4v) is 3.36. The van der Waals surface area contributed by atoms with Gasteiger partial charge in [-0.05, 0) is 19.3 Å². The molecule has 2 rings (SSSR count). The molecule has 0 aromatic heterocycles. The van der Waals surface area contributed by atoms with E-state index in [1.807, 2.05) is 6.92 Å². The highest BCUT2D eigenvalue weighted by Crippen LogP contribution is 2.32. The normalized spacial score (nSPS) is 31.6.